The highest BCUT2D eigenvalue weighted by Crippen LogP contribution is 2.67. The van der Waals surface area contributed by atoms with Crippen molar-refractivity contribution in [1.29, 1.82) is 0 Å². The molecular formula is C74H111N9O9. The Morgan fingerprint density at radius 1 is 0.674 bits per heavy atom. The average Bonchev–Trinajstić information content (AvgIpc) is 1.36. The quantitative estimate of drug-likeness (QED) is 0.0190. The van der Waals surface area contributed by atoms with Gasteiger partial charge in [0.1, 0.15) is 0 Å². The maximum atomic E-state index is 13.6. The lowest BCUT2D eigenvalue weighted by molar-refractivity contribution is -0.127. The normalized spacial score (nSPS) is 25.2. The van der Waals surface area contributed by atoms with Crippen molar-refractivity contribution < 1.29 is 43.6 Å². The zero-order valence-corrected chi connectivity index (χ0v) is 56.8. The molecule has 8 atom stereocenters. The second kappa shape index (κ2) is 34.0. The van der Waals surface area contributed by atoms with E-state index >= 15 is 0 Å². The minimum atomic E-state index is -1.13. The molecule has 2 aromatic carbocycles. The molecule has 18 heteroatoms. The van der Waals surface area contributed by atoms with Crippen LogP contribution in [0.2, 0.25) is 0 Å². The largest absolute Gasteiger partial charge is 0.504 e. The molecule has 92 heavy (non-hydrogen) atoms. The lowest BCUT2D eigenvalue weighted by Gasteiger charge is -2.58. The van der Waals surface area contributed by atoms with Crippen LogP contribution in [-0.4, -0.2) is 187 Å². The summed E-state index contributed by atoms with van der Waals surface area (Å²) in [6.45, 7) is 26.9. The number of phenolic OH excluding ortho intramolecular Hbond substituents is 2. The van der Waals surface area contributed by atoms with E-state index < -0.39 is 17.5 Å². The van der Waals surface area contributed by atoms with Gasteiger partial charge >= 0.3 is 0 Å². The fraction of sp³-hybridized carbons (Fsp3) is 0.676. The third-order valence-corrected chi connectivity index (χ3v) is 22.3. The van der Waals surface area contributed by atoms with Crippen LogP contribution in [0.1, 0.15) is 154 Å². The number of hydrogen-bond acceptors (Lipinski definition) is 15. The van der Waals surface area contributed by atoms with Crippen molar-refractivity contribution in [3.63, 3.8) is 0 Å². The Balaban J connectivity index is 0.581. The van der Waals surface area contributed by atoms with Crippen molar-refractivity contribution >= 4 is 35.5 Å². The molecule has 1 aromatic heterocycles. The standard InChI is InChI=1S/C74H111N9O9/c1-53(2)12-8-13-54(3)62-20-21-63-60-19-18-57-50-59(26-30-73(57,4)64(60)27-31-74(62,63)5)92-47-11-36-81-43-45-82(46-44-81)37-28-71(88)75-32-9-34-79-39-41-80(42-40-79)35-10-33-76-72(89)29-38-83-52-58(77-78-83)51-61(65(84)22-14-55-16-24-67(86)69(48-55)90-6)66(85)23-15-56-17-25-68(87)70(49-56)91-7/h14-18,22-25,48-49,52-54,59-64,86-87H,8-13,19-21,26-47,50-51H2,1-7H3,(H,75,88)(H,76,89)/b22-14+,23-15+/t54-,59+,60+,62-,63+,64+,73+,74-/m1/s1. The summed E-state index contributed by atoms with van der Waals surface area (Å²) in [5.41, 5.74) is 4.25. The molecule has 4 aliphatic carbocycles. The first-order valence-electron chi connectivity index (χ1n) is 35.2. The molecule has 0 unspecified atom stereocenters. The van der Waals surface area contributed by atoms with E-state index in [1.807, 2.05) is 0 Å². The summed E-state index contributed by atoms with van der Waals surface area (Å²) in [7, 11) is 2.86. The maximum absolute atomic E-state index is 13.6. The van der Waals surface area contributed by atoms with Crippen LogP contribution in [0.25, 0.3) is 12.2 Å². The smallest absolute Gasteiger partial charge is 0.221 e. The van der Waals surface area contributed by atoms with Crippen LogP contribution in [0.15, 0.2) is 66.4 Å². The highest BCUT2D eigenvalue weighted by atomic mass is 16.5. The first-order valence-corrected chi connectivity index (χ1v) is 35.2. The Morgan fingerprint density at radius 2 is 1.24 bits per heavy atom. The molecule has 3 saturated carbocycles. The number of nitrogens with zero attached hydrogens (tertiary/aromatic N) is 7. The summed E-state index contributed by atoms with van der Waals surface area (Å²) in [6, 6.07) is 9.32. The molecule has 3 aromatic rings. The molecule has 2 amide bonds. The second-order valence-corrected chi connectivity index (χ2v) is 28.7. The predicted molar refractivity (Wildman–Crippen MR) is 362 cm³/mol. The van der Waals surface area contributed by atoms with Gasteiger partial charge in [0.05, 0.1) is 38.5 Å². The van der Waals surface area contributed by atoms with E-state index in [-0.39, 0.29) is 54.2 Å². The minimum absolute atomic E-state index is 0.0298. The van der Waals surface area contributed by atoms with Crippen molar-refractivity contribution in [2.45, 2.75) is 156 Å². The van der Waals surface area contributed by atoms with E-state index in [9.17, 15) is 29.4 Å². The lowest BCUT2D eigenvalue weighted by atomic mass is 9.47. The molecule has 0 spiro atoms. The van der Waals surface area contributed by atoms with E-state index in [0.717, 1.165) is 146 Å². The number of carbonyl (C=O) groups excluding carboxylic acids is 4. The molecule has 0 bridgehead atoms. The van der Waals surface area contributed by atoms with E-state index in [0.29, 0.717) is 53.3 Å². The minimum Gasteiger partial charge on any atom is -0.504 e. The van der Waals surface area contributed by atoms with E-state index in [4.69, 9.17) is 14.2 Å². The van der Waals surface area contributed by atoms with Gasteiger partial charge in [0.25, 0.3) is 0 Å². The van der Waals surface area contributed by atoms with Gasteiger partial charge in [-0.3, -0.25) is 23.9 Å². The average molecular weight is 1270 g/mol. The zero-order valence-electron chi connectivity index (χ0n) is 56.8. The predicted octanol–water partition coefficient (Wildman–Crippen LogP) is 10.3. The number of fused-ring (bicyclic) bond motifs is 5. The molecule has 2 aliphatic heterocycles. The molecule has 2 saturated heterocycles. The van der Waals surface area contributed by atoms with Crippen LogP contribution in [0.4, 0.5) is 0 Å². The fourth-order valence-electron chi connectivity index (χ4n) is 16.8. The van der Waals surface area contributed by atoms with Gasteiger partial charge in [-0.05, 0) is 178 Å². The summed E-state index contributed by atoms with van der Waals surface area (Å²) in [5, 5.41) is 34.6. The summed E-state index contributed by atoms with van der Waals surface area (Å²) in [6.07, 6.45) is 29.0. The fourth-order valence-corrected chi connectivity index (χ4v) is 16.8. The van der Waals surface area contributed by atoms with Crippen LogP contribution in [0, 0.1) is 52.3 Å². The van der Waals surface area contributed by atoms with Gasteiger partial charge in [0.15, 0.2) is 34.6 Å². The number of allylic oxidation sites excluding steroid dienone is 3. The molecule has 9 rings (SSSR count). The number of piperazine rings is 2. The second-order valence-electron chi connectivity index (χ2n) is 28.7. The monoisotopic (exact) mass is 1270 g/mol. The Hall–Kier alpha value is -5.92. The van der Waals surface area contributed by atoms with Crippen LogP contribution in [0.3, 0.4) is 0 Å². The summed E-state index contributed by atoms with van der Waals surface area (Å²) < 4.78 is 18.6. The van der Waals surface area contributed by atoms with Crippen LogP contribution >= 0.6 is 0 Å². The number of ether oxygens (including phenoxy) is 3. The van der Waals surface area contributed by atoms with Gasteiger partial charge < -0.3 is 54.7 Å². The SMILES string of the molecule is COc1cc(/C=C/C(=O)C(Cc2cn(CCC(=O)NCCCN3CCN(CCCNC(=O)CCN4CCN(CCCO[C@H]5CC[C@@]6(C)C(=CC[C@H]7[C@@H]8CC[C@H]([C@H](C)CCCC(C)C)[C@@]8(C)CC[C@@H]76)C5)CC4)CC3)nn2)C(=O)/C=C/c2ccc(O)c(OC)c2)ccc1O. The third kappa shape index (κ3) is 19.2. The molecule has 506 valence electrons. The summed E-state index contributed by atoms with van der Waals surface area (Å²) in [4.78, 5) is 62.9. The summed E-state index contributed by atoms with van der Waals surface area (Å²) in [5.74, 6) is 3.66. The number of ketones is 2. The number of rotatable bonds is 34. The van der Waals surface area contributed by atoms with Gasteiger partial charge in [0, 0.05) is 111 Å². The number of aromatic hydroxyl groups is 2. The van der Waals surface area contributed by atoms with Crippen molar-refractivity contribution in [1.82, 2.24) is 45.2 Å². The number of hydrogen-bond donors (Lipinski definition) is 4. The first-order chi connectivity index (χ1) is 44.4. The molecule has 0 radical (unpaired) electrons. The number of carbonyl (C=O) groups is 4. The Morgan fingerprint density at radius 3 is 1.82 bits per heavy atom. The van der Waals surface area contributed by atoms with Gasteiger partial charge in [-0.25, -0.2) is 0 Å². The van der Waals surface area contributed by atoms with Crippen LogP contribution < -0.4 is 20.1 Å². The molecule has 5 fully saturated rings. The van der Waals surface area contributed by atoms with Crippen LogP contribution in [-0.2, 0) is 36.9 Å². The van der Waals surface area contributed by atoms with E-state index in [1.165, 1.54) is 107 Å². The number of benzene rings is 2. The van der Waals surface area contributed by atoms with Gasteiger partial charge in [-0.1, -0.05) is 95.0 Å². The molecule has 6 aliphatic rings. The molecular weight excluding hydrogens is 1160 g/mol. The van der Waals surface area contributed by atoms with Crippen LogP contribution in [0.5, 0.6) is 23.0 Å². The van der Waals surface area contributed by atoms with Crippen molar-refractivity contribution in [2.75, 3.05) is 112 Å². The van der Waals surface area contributed by atoms with Crippen molar-refractivity contribution in [3.05, 3.63) is 83.2 Å². The number of methoxy groups -OCH3 is 2. The topological polar surface area (TPSA) is 204 Å². The maximum Gasteiger partial charge on any atom is 0.221 e. The Kier molecular flexibility index (Phi) is 26.0. The highest BCUT2D eigenvalue weighted by molar-refractivity contribution is 6.13. The zero-order chi connectivity index (χ0) is 65.2. The number of phenols is 2. The highest BCUT2D eigenvalue weighted by Gasteiger charge is 2.59. The Labute approximate surface area is 549 Å². The molecule has 4 N–H and O–H groups in total. The molecule has 18 nitrogen and oxygen atoms in total. The summed E-state index contributed by atoms with van der Waals surface area (Å²) >= 11 is 0. The number of amides is 2. The number of nitrogens with one attached hydrogen (secondary N) is 2. The van der Waals surface area contributed by atoms with E-state index in [2.05, 4.69) is 81.2 Å². The van der Waals surface area contributed by atoms with Crippen molar-refractivity contribution in [2.24, 2.45) is 52.3 Å². The third-order valence-electron chi connectivity index (χ3n) is 22.3. The molecule has 3 heterocycles. The van der Waals surface area contributed by atoms with E-state index in [1.54, 1.807) is 48.2 Å². The first kappa shape index (κ1) is 70.4. The Bertz CT molecular complexity index is 2910. The van der Waals surface area contributed by atoms with Crippen molar-refractivity contribution in [3.8, 4) is 23.0 Å². The number of aryl methyl sites for hydroxylation is 1. The number of aromatic nitrogens is 3. The van der Waals surface area contributed by atoms with Gasteiger partial charge in [0.2, 0.25) is 11.8 Å². The lowest BCUT2D eigenvalue weighted by Crippen LogP contribution is -2.51. The van der Waals surface area contributed by atoms with Gasteiger partial charge in [-0.15, -0.1) is 5.10 Å². The van der Waals surface area contributed by atoms with Gasteiger partial charge in [-0.2, -0.15) is 0 Å².